The van der Waals surface area contributed by atoms with Crippen LogP contribution in [-0.4, -0.2) is 8.42 Å². The highest BCUT2D eigenvalue weighted by Gasteiger charge is 2.19. The number of hydrogen-bond acceptors (Lipinski definition) is 2. The molecule has 2 rings (SSSR count). The monoisotopic (exact) mass is 299 g/mol. The van der Waals surface area contributed by atoms with Crippen molar-refractivity contribution in [3.63, 3.8) is 0 Å². The van der Waals surface area contributed by atoms with E-state index in [9.17, 15) is 8.42 Å². The molecule has 0 aromatic heterocycles. The molecule has 0 saturated heterocycles. The normalized spacial score (nSPS) is 12.4. The van der Waals surface area contributed by atoms with Crippen molar-refractivity contribution in [1.82, 2.24) is 4.72 Å². The summed E-state index contributed by atoms with van der Waals surface area (Å²) in [6.07, 6.45) is 1.60. The lowest BCUT2D eigenvalue weighted by Gasteiger charge is -2.15. The van der Waals surface area contributed by atoms with Crippen LogP contribution in [0.15, 0.2) is 77.9 Å². The highest BCUT2D eigenvalue weighted by Crippen LogP contribution is 2.18. The zero-order valence-corrected chi connectivity index (χ0v) is 12.6. The molecule has 1 atom stereocenters. The van der Waals surface area contributed by atoms with E-state index < -0.39 is 16.1 Å². The van der Waals surface area contributed by atoms with Crippen molar-refractivity contribution in [3.8, 4) is 0 Å². The van der Waals surface area contributed by atoms with Crippen molar-refractivity contribution in [3.05, 3.63) is 84.1 Å². The minimum atomic E-state index is -3.60. The number of hydrogen-bond donors (Lipinski definition) is 1. The maximum absolute atomic E-state index is 12.4. The third-order valence-electron chi connectivity index (χ3n) is 3.06. The molecule has 0 heterocycles. The molecule has 1 N–H and O–H groups in total. The van der Waals surface area contributed by atoms with Crippen LogP contribution in [0.2, 0.25) is 0 Å². The summed E-state index contributed by atoms with van der Waals surface area (Å²) in [5.41, 5.74) is 4.50. The lowest BCUT2D eigenvalue weighted by atomic mass is 10.1. The quantitative estimate of drug-likeness (QED) is 0.861. The van der Waals surface area contributed by atoms with Crippen LogP contribution in [0, 0.1) is 6.92 Å². The lowest BCUT2D eigenvalue weighted by molar-refractivity contribution is 0.574. The topological polar surface area (TPSA) is 46.2 Å². The van der Waals surface area contributed by atoms with Crippen LogP contribution in [0.3, 0.4) is 0 Å². The van der Waals surface area contributed by atoms with Crippen LogP contribution in [0.1, 0.15) is 17.2 Å². The van der Waals surface area contributed by atoms with E-state index in [1.807, 2.05) is 37.3 Å². The van der Waals surface area contributed by atoms with Gasteiger partial charge in [0.1, 0.15) is 0 Å². The van der Waals surface area contributed by atoms with Gasteiger partial charge in [0.25, 0.3) is 0 Å². The molecular formula is C17H17NO2S. The van der Waals surface area contributed by atoms with Gasteiger partial charge in [-0.05, 0) is 30.7 Å². The minimum absolute atomic E-state index is 0.242. The molecule has 2 aromatic carbocycles. The Bertz CT molecular complexity index is 743. The highest BCUT2D eigenvalue weighted by atomic mass is 32.2. The molecule has 0 fully saturated rings. The van der Waals surface area contributed by atoms with Crippen LogP contribution in [-0.2, 0) is 10.0 Å². The first kappa shape index (κ1) is 15.3. The smallest absolute Gasteiger partial charge is 0.207 e. The van der Waals surface area contributed by atoms with E-state index in [4.69, 9.17) is 0 Å². The Labute approximate surface area is 125 Å². The van der Waals surface area contributed by atoms with Crippen LogP contribution >= 0.6 is 0 Å². The van der Waals surface area contributed by atoms with Crippen LogP contribution in [0.5, 0.6) is 0 Å². The standard InChI is InChI=1S/C17H17NO2S/c1-3-7-17(15-8-5-4-6-9-15)18-21(19,20)16-12-10-14(2)11-13-16/h4-13,17-18H,1H2,2H3. The molecule has 3 nitrogen and oxygen atoms in total. The Morgan fingerprint density at radius 1 is 1.10 bits per heavy atom. The van der Waals surface area contributed by atoms with Crippen LogP contribution in [0.25, 0.3) is 0 Å². The third-order valence-corrected chi connectivity index (χ3v) is 4.51. The maximum Gasteiger partial charge on any atom is 0.241 e. The lowest BCUT2D eigenvalue weighted by Crippen LogP contribution is -2.27. The molecule has 1 unspecified atom stereocenters. The molecule has 0 saturated carbocycles. The van der Waals surface area contributed by atoms with Gasteiger partial charge < -0.3 is 0 Å². The minimum Gasteiger partial charge on any atom is -0.207 e. The van der Waals surface area contributed by atoms with Gasteiger partial charge in [0.15, 0.2) is 0 Å². The van der Waals surface area contributed by atoms with Crippen molar-refractivity contribution in [2.45, 2.75) is 17.9 Å². The number of sulfonamides is 1. The Kier molecular flexibility index (Phi) is 4.76. The molecule has 108 valence electrons. The average Bonchev–Trinajstić information content (AvgIpc) is 2.48. The van der Waals surface area contributed by atoms with E-state index in [1.165, 1.54) is 0 Å². The van der Waals surface area contributed by atoms with Crippen molar-refractivity contribution >= 4 is 10.0 Å². The van der Waals surface area contributed by atoms with Crippen molar-refractivity contribution in [2.75, 3.05) is 0 Å². The predicted molar refractivity (Wildman–Crippen MR) is 84.4 cm³/mol. The van der Waals surface area contributed by atoms with Crippen molar-refractivity contribution < 1.29 is 8.42 Å². The Hall–Kier alpha value is -2.13. The molecule has 0 spiro atoms. The second-order valence-electron chi connectivity index (χ2n) is 4.69. The summed E-state index contributed by atoms with van der Waals surface area (Å²) >= 11 is 0. The largest absolute Gasteiger partial charge is 0.241 e. The second-order valence-corrected chi connectivity index (χ2v) is 6.41. The fraction of sp³-hybridized carbons (Fsp3) is 0.118. The van der Waals surface area contributed by atoms with E-state index in [0.717, 1.165) is 11.1 Å². The summed E-state index contributed by atoms with van der Waals surface area (Å²) in [5, 5.41) is 0. The van der Waals surface area contributed by atoms with E-state index >= 15 is 0 Å². The third kappa shape index (κ3) is 3.92. The van der Waals surface area contributed by atoms with Crippen molar-refractivity contribution in [1.29, 1.82) is 0 Å². The van der Waals surface area contributed by atoms with Gasteiger partial charge >= 0.3 is 0 Å². The fourth-order valence-corrected chi connectivity index (χ4v) is 3.10. The molecule has 2 aromatic rings. The number of rotatable bonds is 5. The summed E-state index contributed by atoms with van der Waals surface area (Å²) in [6.45, 7) is 5.44. The van der Waals surface area contributed by atoms with Gasteiger partial charge in [-0.2, -0.15) is 4.72 Å². The molecule has 0 amide bonds. The first-order valence-corrected chi connectivity index (χ1v) is 8.01. The van der Waals surface area contributed by atoms with Gasteiger partial charge in [-0.3, -0.25) is 0 Å². The molecule has 0 aliphatic heterocycles. The van der Waals surface area contributed by atoms with E-state index in [1.54, 1.807) is 30.3 Å². The Balaban J connectivity index is 2.32. The second kappa shape index (κ2) is 6.55. The average molecular weight is 299 g/mol. The molecule has 0 bridgehead atoms. The van der Waals surface area contributed by atoms with Gasteiger partial charge in [-0.25, -0.2) is 8.42 Å². The van der Waals surface area contributed by atoms with Crippen LogP contribution < -0.4 is 4.72 Å². The summed E-state index contributed by atoms with van der Waals surface area (Å²) < 4.78 is 27.5. The Morgan fingerprint density at radius 2 is 1.71 bits per heavy atom. The summed E-state index contributed by atoms with van der Waals surface area (Å²) in [4.78, 5) is 0.242. The maximum atomic E-state index is 12.4. The molecule has 0 aliphatic rings. The van der Waals surface area contributed by atoms with Gasteiger partial charge in [0, 0.05) is 0 Å². The highest BCUT2D eigenvalue weighted by molar-refractivity contribution is 7.89. The SMILES string of the molecule is C=C=CC(NS(=O)(=O)c1ccc(C)cc1)c1ccccc1. The predicted octanol–water partition coefficient (Wildman–Crippen LogP) is 3.36. The Morgan fingerprint density at radius 3 is 2.29 bits per heavy atom. The van der Waals surface area contributed by atoms with E-state index in [2.05, 4.69) is 17.0 Å². The summed E-state index contributed by atoms with van der Waals surface area (Å²) in [6, 6.07) is 15.6. The van der Waals surface area contributed by atoms with Crippen LogP contribution in [0.4, 0.5) is 0 Å². The first-order chi connectivity index (χ1) is 10.0. The zero-order valence-electron chi connectivity index (χ0n) is 11.8. The molecule has 4 heteroatoms. The van der Waals surface area contributed by atoms with Gasteiger partial charge in [-0.15, -0.1) is 5.73 Å². The van der Waals surface area contributed by atoms with Crippen molar-refractivity contribution in [2.24, 2.45) is 0 Å². The van der Waals surface area contributed by atoms with E-state index in [0.29, 0.717) is 0 Å². The summed E-state index contributed by atoms with van der Waals surface area (Å²) in [7, 11) is -3.60. The summed E-state index contributed by atoms with van der Waals surface area (Å²) in [5.74, 6) is 0. The molecule has 21 heavy (non-hydrogen) atoms. The van der Waals surface area contributed by atoms with E-state index in [-0.39, 0.29) is 4.90 Å². The van der Waals surface area contributed by atoms with Gasteiger partial charge in [-0.1, -0.05) is 54.6 Å². The zero-order chi connectivity index (χ0) is 15.3. The number of benzene rings is 2. The molecule has 0 radical (unpaired) electrons. The number of aryl methyl sites for hydroxylation is 1. The first-order valence-electron chi connectivity index (χ1n) is 6.53. The fourth-order valence-electron chi connectivity index (χ4n) is 1.93. The molecular weight excluding hydrogens is 282 g/mol. The van der Waals surface area contributed by atoms with Gasteiger partial charge in [0.2, 0.25) is 10.0 Å². The molecule has 0 aliphatic carbocycles. The van der Waals surface area contributed by atoms with Gasteiger partial charge in [0.05, 0.1) is 10.9 Å². The number of nitrogens with one attached hydrogen (secondary N) is 1.